The molecule has 10 heteroatoms. The number of benzene rings is 1. The van der Waals surface area contributed by atoms with Gasteiger partial charge in [0.2, 0.25) is 5.82 Å². The number of carbonyl (C=O) groups excluding carboxylic acids is 2. The van der Waals surface area contributed by atoms with Crippen molar-refractivity contribution in [2.45, 2.75) is 12.1 Å². The van der Waals surface area contributed by atoms with Crippen LogP contribution in [0.2, 0.25) is 0 Å². The van der Waals surface area contributed by atoms with Crippen LogP contribution in [0, 0.1) is 5.82 Å². The number of amides is 3. The molecule has 1 aromatic carbocycles. The molecular weight excluding hydrogens is 395 g/mol. The zero-order valence-corrected chi connectivity index (χ0v) is 15.9. The maximum Gasteiger partial charge on any atom is 0.322 e. The van der Waals surface area contributed by atoms with Crippen LogP contribution in [0.4, 0.5) is 9.18 Å². The van der Waals surface area contributed by atoms with Gasteiger partial charge in [0.1, 0.15) is 12.5 Å². The van der Waals surface area contributed by atoms with E-state index >= 15 is 0 Å². The minimum atomic E-state index is -1.46. The highest BCUT2D eigenvalue weighted by molar-refractivity contribution is 6.07. The summed E-state index contributed by atoms with van der Waals surface area (Å²) in [7, 11) is 1.38. The Morgan fingerprint density at radius 1 is 1.33 bits per heavy atom. The predicted molar refractivity (Wildman–Crippen MR) is 101 cm³/mol. The van der Waals surface area contributed by atoms with Crippen molar-refractivity contribution < 1.29 is 27.9 Å². The highest BCUT2D eigenvalue weighted by Crippen LogP contribution is 2.36. The molecule has 2 aromatic heterocycles. The Bertz CT molecular complexity index is 1150. The van der Waals surface area contributed by atoms with E-state index in [2.05, 4.69) is 15.6 Å². The number of nitrogens with one attached hydrogen (secondary N) is 2. The van der Waals surface area contributed by atoms with Crippen molar-refractivity contribution in [3.63, 3.8) is 0 Å². The molecule has 0 bridgehead atoms. The number of methoxy groups -OCH3 is 1. The van der Waals surface area contributed by atoms with Gasteiger partial charge in [0, 0.05) is 30.2 Å². The van der Waals surface area contributed by atoms with Crippen molar-refractivity contribution in [1.29, 1.82) is 0 Å². The summed E-state index contributed by atoms with van der Waals surface area (Å²) in [6.45, 7) is 0.387. The number of aromatic nitrogens is 1. The van der Waals surface area contributed by atoms with E-state index in [-0.39, 0.29) is 30.5 Å². The van der Waals surface area contributed by atoms with Crippen LogP contribution in [0.25, 0.3) is 11.0 Å². The molecule has 0 spiro atoms. The highest BCUT2D eigenvalue weighted by atomic mass is 19.1. The normalized spacial score (nSPS) is 21.1. The molecule has 5 rings (SSSR count). The number of imide groups is 1. The Morgan fingerprint density at radius 3 is 2.93 bits per heavy atom. The largest absolute Gasteiger partial charge is 0.494 e. The molecule has 1 saturated heterocycles. The number of furan rings is 1. The van der Waals surface area contributed by atoms with E-state index in [9.17, 15) is 14.0 Å². The maximum atomic E-state index is 14.4. The lowest BCUT2D eigenvalue weighted by atomic mass is 9.95. The molecule has 0 aliphatic carbocycles. The third-order valence-electron chi connectivity index (χ3n) is 5.29. The van der Waals surface area contributed by atoms with Crippen LogP contribution in [-0.4, -0.2) is 42.2 Å². The molecule has 1 fully saturated rings. The number of nitrogens with zero attached hydrogens (tertiary/aromatic N) is 2. The monoisotopic (exact) mass is 412 g/mol. The molecule has 3 amide bonds. The summed E-state index contributed by atoms with van der Waals surface area (Å²) < 4.78 is 30.9. The molecule has 4 heterocycles. The second kappa shape index (κ2) is 6.70. The van der Waals surface area contributed by atoms with Gasteiger partial charge < -0.3 is 19.2 Å². The third kappa shape index (κ3) is 2.76. The first kappa shape index (κ1) is 18.4. The van der Waals surface area contributed by atoms with Gasteiger partial charge in [-0.3, -0.25) is 20.0 Å². The summed E-state index contributed by atoms with van der Waals surface area (Å²) in [5.41, 5.74) is -0.356. The molecule has 0 radical (unpaired) electrons. The number of pyridine rings is 1. The number of carbonyl (C=O) groups is 2. The topological polar surface area (TPSA) is 106 Å². The van der Waals surface area contributed by atoms with Crippen LogP contribution in [0.15, 0.2) is 41.1 Å². The highest BCUT2D eigenvalue weighted by Gasteiger charge is 2.52. The zero-order chi connectivity index (χ0) is 20.9. The molecule has 2 aliphatic rings. The number of hydrogen-bond acceptors (Lipinski definition) is 7. The number of halogens is 1. The van der Waals surface area contributed by atoms with Crippen molar-refractivity contribution in [2.24, 2.45) is 0 Å². The van der Waals surface area contributed by atoms with Gasteiger partial charge in [-0.15, -0.1) is 0 Å². The van der Waals surface area contributed by atoms with Gasteiger partial charge >= 0.3 is 6.03 Å². The maximum absolute atomic E-state index is 14.4. The summed E-state index contributed by atoms with van der Waals surface area (Å²) >= 11 is 0. The van der Waals surface area contributed by atoms with Crippen LogP contribution in [-0.2, 0) is 16.9 Å². The van der Waals surface area contributed by atoms with Crippen LogP contribution in [0.1, 0.15) is 11.3 Å². The summed E-state index contributed by atoms with van der Waals surface area (Å²) in [6.07, 6.45) is 3.15. The standard InChI is InChI=1S/C20H17FN4O5/c1-28-13-3-2-12-8-25(10-29-17(12)16(13)21)9-20(18(26)23-19(27)24-20)15-6-11-4-5-22-7-14(11)30-15/h2-7H,8-10H2,1H3,(H2,23,24,26,27)/t20-/m0/s1. The van der Waals surface area contributed by atoms with Crippen molar-refractivity contribution >= 4 is 22.9 Å². The van der Waals surface area contributed by atoms with Gasteiger partial charge in [0.15, 0.2) is 22.6 Å². The van der Waals surface area contributed by atoms with Crippen LogP contribution < -0.4 is 20.1 Å². The first-order valence-corrected chi connectivity index (χ1v) is 9.18. The van der Waals surface area contributed by atoms with E-state index in [1.807, 2.05) is 0 Å². The van der Waals surface area contributed by atoms with Crippen molar-refractivity contribution in [1.82, 2.24) is 20.5 Å². The molecule has 2 N–H and O–H groups in total. The number of urea groups is 1. The fourth-order valence-corrected chi connectivity index (χ4v) is 3.84. The first-order valence-electron chi connectivity index (χ1n) is 9.18. The fourth-order valence-electron chi connectivity index (χ4n) is 3.84. The van der Waals surface area contributed by atoms with Gasteiger partial charge in [-0.2, -0.15) is 4.39 Å². The molecule has 1 atom stereocenters. The van der Waals surface area contributed by atoms with Gasteiger partial charge in [0.05, 0.1) is 13.3 Å². The van der Waals surface area contributed by atoms with E-state index in [0.717, 1.165) is 5.39 Å². The number of ether oxygens (including phenoxy) is 2. The van der Waals surface area contributed by atoms with E-state index in [4.69, 9.17) is 13.9 Å². The van der Waals surface area contributed by atoms with Crippen LogP contribution in [0.3, 0.4) is 0 Å². The van der Waals surface area contributed by atoms with Gasteiger partial charge in [0.25, 0.3) is 5.91 Å². The fraction of sp³-hybridized carbons (Fsp3) is 0.250. The van der Waals surface area contributed by atoms with Crippen LogP contribution >= 0.6 is 0 Å². The number of fused-ring (bicyclic) bond motifs is 2. The quantitative estimate of drug-likeness (QED) is 0.630. The van der Waals surface area contributed by atoms with Gasteiger partial charge in [-0.1, -0.05) is 6.07 Å². The Labute approximate surface area is 169 Å². The molecule has 0 saturated carbocycles. The van der Waals surface area contributed by atoms with E-state index in [1.165, 1.54) is 19.4 Å². The lowest BCUT2D eigenvalue weighted by Crippen LogP contribution is -2.53. The van der Waals surface area contributed by atoms with Crippen LogP contribution in [0.5, 0.6) is 11.5 Å². The Kier molecular flexibility index (Phi) is 4.10. The van der Waals surface area contributed by atoms with E-state index in [0.29, 0.717) is 17.7 Å². The second-order valence-corrected chi connectivity index (χ2v) is 7.17. The zero-order valence-electron chi connectivity index (χ0n) is 15.9. The summed E-state index contributed by atoms with van der Waals surface area (Å²) in [4.78, 5) is 30.6. The van der Waals surface area contributed by atoms with E-state index < -0.39 is 23.3 Å². The SMILES string of the molecule is COc1ccc2c(c1F)OCN(C[C@@]1(c3cc4ccncc4o3)NC(=O)NC1=O)C2. The number of hydrogen-bond donors (Lipinski definition) is 2. The Morgan fingerprint density at radius 2 is 2.20 bits per heavy atom. The first-order chi connectivity index (χ1) is 14.5. The summed E-state index contributed by atoms with van der Waals surface area (Å²) in [6, 6.07) is 6.06. The molecule has 3 aromatic rings. The van der Waals surface area contributed by atoms with Gasteiger partial charge in [-0.25, -0.2) is 4.79 Å². The minimum Gasteiger partial charge on any atom is -0.494 e. The molecular formula is C20H17FN4O5. The molecule has 0 unspecified atom stereocenters. The molecule has 154 valence electrons. The van der Waals surface area contributed by atoms with Gasteiger partial charge in [-0.05, 0) is 18.2 Å². The molecule has 2 aliphatic heterocycles. The van der Waals surface area contributed by atoms with Crippen molar-refractivity contribution in [3.05, 3.63) is 53.8 Å². The molecule has 30 heavy (non-hydrogen) atoms. The lowest BCUT2D eigenvalue weighted by molar-refractivity contribution is -0.126. The minimum absolute atomic E-state index is 0.0176. The molecule has 9 nitrogen and oxygen atoms in total. The average molecular weight is 412 g/mol. The third-order valence-corrected chi connectivity index (χ3v) is 5.29. The Balaban J connectivity index is 1.49. The smallest absolute Gasteiger partial charge is 0.322 e. The summed E-state index contributed by atoms with van der Waals surface area (Å²) in [5, 5.41) is 5.72. The van der Waals surface area contributed by atoms with Crippen molar-refractivity contribution in [3.8, 4) is 11.5 Å². The average Bonchev–Trinajstić information content (AvgIpc) is 3.29. The van der Waals surface area contributed by atoms with E-state index in [1.54, 1.807) is 29.3 Å². The predicted octanol–water partition coefficient (Wildman–Crippen LogP) is 1.86. The Hall–Kier alpha value is -3.66. The van der Waals surface area contributed by atoms with Crippen molar-refractivity contribution in [2.75, 3.05) is 20.4 Å². The number of rotatable bonds is 4. The second-order valence-electron chi connectivity index (χ2n) is 7.17. The summed E-state index contributed by atoms with van der Waals surface area (Å²) in [5.74, 6) is -0.612. The lowest BCUT2D eigenvalue weighted by Gasteiger charge is -2.34.